The Kier molecular flexibility index (Phi) is 8.44. The first kappa shape index (κ1) is 22.5. The zero-order valence-electron chi connectivity index (χ0n) is 16.0. The van der Waals surface area contributed by atoms with Crippen molar-refractivity contribution in [2.75, 3.05) is 5.32 Å². The molecule has 8 heteroatoms. The van der Waals surface area contributed by atoms with Gasteiger partial charge in [-0.2, -0.15) is 0 Å². The molecule has 1 heterocycles. The van der Waals surface area contributed by atoms with Gasteiger partial charge in [-0.25, -0.2) is 0 Å². The number of nitrogens with one attached hydrogen (secondary N) is 1. The Labute approximate surface area is 173 Å². The van der Waals surface area contributed by atoms with E-state index < -0.39 is 30.7 Å². The molecule has 0 radical (unpaired) electrons. The van der Waals surface area contributed by atoms with Crippen LogP contribution in [-0.2, 0) is 19.0 Å². The van der Waals surface area contributed by atoms with Crippen molar-refractivity contribution in [3.8, 4) is 0 Å². The van der Waals surface area contributed by atoms with Crippen LogP contribution in [0, 0.1) is 3.57 Å². The van der Waals surface area contributed by atoms with E-state index in [0.29, 0.717) is 5.69 Å². The SMILES string of the molecule is CC(C)OC1OC(CC(=O)Nc2ccc(I)cc2)C(OC(C)C)C(O)C1O. The van der Waals surface area contributed by atoms with Crippen LogP contribution in [-0.4, -0.2) is 59.0 Å². The van der Waals surface area contributed by atoms with Crippen LogP contribution in [0.15, 0.2) is 24.3 Å². The first-order valence-corrected chi connectivity index (χ1v) is 10.1. The van der Waals surface area contributed by atoms with Crippen molar-refractivity contribution in [2.45, 2.75) is 77.0 Å². The third-order valence-corrected chi connectivity index (χ3v) is 4.71. The smallest absolute Gasteiger partial charge is 0.227 e. The molecule has 5 unspecified atom stereocenters. The van der Waals surface area contributed by atoms with Gasteiger partial charge in [0.1, 0.15) is 18.3 Å². The lowest BCUT2D eigenvalue weighted by Crippen LogP contribution is -2.60. The molecule has 2 rings (SSSR count). The lowest BCUT2D eigenvalue weighted by molar-refractivity contribution is -0.313. The Morgan fingerprint density at radius 2 is 1.70 bits per heavy atom. The molecular formula is C19H28INO6. The number of aliphatic hydroxyl groups is 2. The second-order valence-electron chi connectivity index (χ2n) is 7.12. The molecule has 0 saturated carbocycles. The Hall–Kier alpha value is -0.780. The molecule has 0 aliphatic carbocycles. The van der Waals surface area contributed by atoms with Gasteiger partial charge < -0.3 is 29.7 Å². The Morgan fingerprint density at radius 1 is 1.11 bits per heavy atom. The van der Waals surface area contributed by atoms with Crippen molar-refractivity contribution in [2.24, 2.45) is 0 Å². The molecule has 0 spiro atoms. The molecule has 152 valence electrons. The summed E-state index contributed by atoms with van der Waals surface area (Å²) in [7, 11) is 0. The van der Waals surface area contributed by atoms with E-state index in [4.69, 9.17) is 14.2 Å². The minimum Gasteiger partial charge on any atom is -0.387 e. The highest BCUT2D eigenvalue weighted by molar-refractivity contribution is 14.1. The summed E-state index contributed by atoms with van der Waals surface area (Å²) in [5, 5.41) is 23.6. The molecule has 1 amide bonds. The summed E-state index contributed by atoms with van der Waals surface area (Å²) in [6.45, 7) is 7.24. The number of halogens is 1. The molecule has 1 fully saturated rings. The molecule has 1 saturated heterocycles. The number of aliphatic hydroxyl groups excluding tert-OH is 2. The van der Waals surface area contributed by atoms with Gasteiger partial charge in [-0.3, -0.25) is 4.79 Å². The number of carbonyl (C=O) groups is 1. The van der Waals surface area contributed by atoms with E-state index in [-0.39, 0.29) is 24.5 Å². The minimum absolute atomic E-state index is 0.0366. The van der Waals surface area contributed by atoms with E-state index in [2.05, 4.69) is 27.9 Å². The highest BCUT2D eigenvalue weighted by Gasteiger charge is 2.47. The number of amides is 1. The Bertz CT molecular complexity index is 609. The molecule has 1 aromatic rings. The van der Waals surface area contributed by atoms with Gasteiger partial charge in [0.2, 0.25) is 5.91 Å². The standard InChI is InChI=1S/C19H28INO6/c1-10(2)25-18-14(27-19(26-11(3)4)17(24)16(18)23)9-15(22)21-13-7-5-12(20)6-8-13/h5-8,10-11,14,16-19,23-24H,9H2,1-4H3,(H,21,22). The van der Waals surface area contributed by atoms with E-state index in [1.807, 2.05) is 38.1 Å². The average molecular weight is 493 g/mol. The van der Waals surface area contributed by atoms with Gasteiger partial charge in [0.05, 0.1) is 24.7 Å². The van der Waals surface area contributed by atoms with E-state index in [9.17, 15) is 15.0 Å². The number of ether oxygens (including phenoxy) is 3. The molecule has 0 aromatic heterocycles. The number of hydrogen-bond acceptors (Lipinski definition) is 6. The summed E-state index contributed by atoms with van der Waals surface area (Å²) in [6.07, 6.45) is -5.54. The van der Waals surface area contributed by atoms with E-state index in [1.54, 1.807) is 13.8 Å². The molecule has 0 bridgehead atoms. The van der Waals surface area contributed by atoms with Gasteiger partial charge in [-0.15, -0.1) is 0 Å². The normalized spacial score (nSPS) is 28.6. The minimum atomic E-state index is -1.26. The predicted molar refractivity (Wildman–Crippen MR) is 109 cm³/mol. The van der Waals surface area contributed by atoms with Crippen LogP contribution in [0.5, 0.6) is 0 Å². The zero-order valence-corrected chi connectivity index (χ0v) is 18.1. The number of anilines is 1. The van der Waals surface area contributed by atoms with Crippen LogP contribution < -0.4 is 5.32 Å². The van der Waals surface area contributed by atoms with Crippen LogP contribution in [0.3, 0.4) is 0 Å². The van der Waals surface area contributed by atoms with Gasteiger partial charge >= 0.3 is 0 Å². The number of carbonyl (C=O) groups excluding carboxylic acids is 1. The molecule has 27 heavy (non-hydrogen) atoms. The summed E-state index contributed by atoms with van der Waals surface area (Å²) in [5.41, 5.74) is 0.674. The fourth-order valence-corrected chi connectivity index (χ4v) is 3.22. The predicted octanol–water partition coefficient (Wildman–Crippen LogP) is 2.29. The lowest BCUT2D eigenvalue weighted by atomic mass is 9.96. The number of benzene rings is 1. The van der Waals surface area contributed by atoms with Gasteiger partial charge in [-0.05, 0) is 74.6 Å². The molecule has 7 nitrogen and oxygen atoms in total. The van der Waals surface area contributed by atoms with E-state index in [0.717, 1.165) is 3.57 Å². The summed E-state index contributed by atoms with van der Waals surface area (Å²) < 4.78 is 18.2. The van der Waals surface area contributed by atoms with Crippen LogP contribution >= 0.6 is 22.6 Å². The number of hydrogen-bond donors (Lipinski definition) is 3. The van der Waals surface area contributed by atoms with Crippen molar-refractivity contribution in [3.63, 3.8) is 0 Å². The second kappa shape index (κ2) is 10.1. The third kappa shape index (κ3) is 6.65. The molecule has 1 aliphatic rings. The quantitative estimate of drug-likeness (QED) is 0.505. The monoisotopic (exact) mass is 493 g/mol. The molecule has 1 aromatic carbocycles. The number of rotatable bonds is 7. The lowest BCUT2D eigenvalue weighted by Gasteiger charge is -2.43. The van der Waals surface area contributed by atoms with Crippen molar-refractivity contribution in [3.05, 3.63) is 27.8 Å². The van der Waals surface area contributed by atoms with Crippen molar-refractivity contribution < 1.29 is 29.2 Å². The van der Waals surface area contributed by atoms with E-state index in [1.165, 1.54) is 0 Å². The van der Waals surface area contributed by atoms with Crippen molar-refractivity contribution >= 4 is 34.2 Å². The summed E-state index contributed by atoms with van der Waals surface area (Å²) in [5.74, 6) is -0.273. The zero-order chi connectivity index (χ0) is 20.1. The fourth-order valence-electron chi connectivity index (χ4n) is 2.86. The molecule has 1 aliphatic heterocycles. The van der Waals surface area contributed by atoms with Gasteiger partial charge in [0, 0.05) is 9.26 Å². The first-order valence-electron chi connectivity index (χ1n) is 9.05. The van der Waals surface area contributed by atoms with Crippen LogP contribution in [0.2, 0.25) is 0 Å². The summed E-state index contributed by atoms with van der Waals surface area (Å²) in [6, 6.07) is 7.41. The third-order valence-electron chi connectivity index (χ3n) is 3.99. The van der Waals surface area contributed by atoms with Crippen LogP contribution in [0.1, 0.15) is 34.1 Å². The van der Waals surface area contributed by atoms with Crippen molar-refractivity contribution in [1.82, 2.24) is 0 Å². The molecule has 3 N–H and O–H groups in total. The van der Waals surface area contributed by atoms with Gasteiger partial charge in [0.25, 0.3) is 0 Å². The van der Waals surface area contributed by atoms with E-state index >= 15 is 0 Å². The maximum atomic E-state index is 12.5. The Balaban J connectivity index is 2.09. The van der Waals surface area contributed by atoms with Crippen LogP contribution in [0.25, 0.3) is 0 Å². The highest BCUT2D eigenvalue weighted by atomic mass is 127. The largest absolute Gasteiger partial charge is 0.387 e. The first-order chi connectivity index (χ1) is 12.7. The Morgan fingerprint density at radius 3 is 2.26 bits per heavy atom. The van der Waals surface area contributed by atoms with Gasteiger partial charge in [0.15, 0.2) is 6.29 Å². The maximum absolute atomic E-state index is 12.5. The van der Waals surface area contributed by atoms with Crippen molar-refractivity contribution in [1.29, 1.82) is 0 Å². The summed E-state index contributed by atoms with van der Waals surface area (Å²) in [4.78, 5) is 12.5. The second-order valence-corrected chi connectivity index (χ2v) is 8.36. The molecule has 5 atom stereocenters. The van der Waals surface area contributed by atoms with Gasteiger partial charge in [-0.1, -0.05) is 0 Å². The molecular weight excluding hydrogens is 465 g/mol. The average Bonchev–Trinajstić information content (AvgIpc) is 2.57. The fraction of sp³-hybridized carbons (Fsp3) is 0.632. The maximum Gasteiger partial charge on any atom is 0.227 e. The van der Waals surface area contributed by atoms with Crippen LogP contribution in [0.4, 0.5) is 5.69 Å². The highest BCUT2D eigenvalue weighted by Crippen LogP contribution is 2.28. The summed E-state index contributed by atoms with van der Waals surface area (Å²) >= 11 is 2.19. The topological polar surface area (TPSA) is 97.3 Å².